The molecule has 0 aromatic heterocycles. The minimum Gasteiger partial charge on any atom is -0.330 e. The van der Waals surface area contributed by atoms with Crippen molar-refractivity contribution in [3.05, 3.63) is 0 Å². The molecule has 0 heterocycles. The topological polar surface area (TPSA) is 44.5 Å². The van der Waals surface area contributed by atoms with Gasteiger partial charge in [-0.3, -0.25) is 0 Å². The lowest BCUT2D eigenvalue weighted by molar-refractivity contribution is -0.291. The van der Waals surface area contributed by atoms with Gasteiger partial charge in [0.05, 0.1) is 13.2 Å². The van der Waals surface area contributed by atoms with Gasteiger partial charge in [-0.2, -0.15) is 0 Å². The lowest BCUT2D eigenvalue weighted by Crippen LogP contribution is -1.99. The third-order valence-corrected chi connectivity index (χ3v) is 1.38. The minimum absolute atomic E-state index is 0.628. The zero-order valence-corrected chi connectivity index (χ0v) is 7.34. The molecule has 0 atom stereocenters. The Morgan fingerprint density at radius 1 is 1.00 bits per heavy atom. The van der Waals surface area contributed by atoms with Crippen molar-refractivity contribution in [3.8, 4) is 0 Å². The van der Waals surface area contributed by atoms with Gasteiger partial charge in [0.15, 0.2) is 0 Å². The van der Waals surface area contributed by atoms with Gasteiger partial charge in [0.1, 0.15) is 0 Å². The second kappa shape index (κ2) is 9.88. The maximum Gasteiger partial charge on any atom is 0.0822 e. The average molecular weight is 161 g/mol. The normalized spacial score (nSPS) is 10.4. The van der Waals surface area contributed by atoms with Crippen molar-refractivity contribution < 1.29 is 9.78 Å². The van der Waals surface area contributed by atoms with Crippen LogP contribution in [0.2, 0.25) is 0 Å². The van der Waals surface area contributed by atoms with Gasteiger partial charge in [-0.05, 0) is 26.3 Å². The molecular weight excluding hydrogens is 142 g/mol. The van der Waals surface area contributed by atoms with Crippen molar-refractivity contribution in [2.24, 2.45) is 5.73 Å². The standard InChI is InChI=1S/C8H19NO2/c1-2-10-11-8-6-4-3-5-7-9/h2-9H2,1H3. The Morgan fingerprint density at radius 2 is 1.73 bits per heavy atom. The molecule has 3 heteroatoms. The fraction of sp³-hybridized carbons (Fsp3) is 1.00. The summed E-state index contributed by atoms with van der Waals surface area (Å²) in [4.78, 5) is 9.55. The van der Waals surface area contributed by atoms with Gasteiger partial charge in [-0.1, -0.05) is 12.8 Å². The van der Waals surface area contributed by atoms with E-state index in [1.165, 1.54) is 12.8 Å². The smallest absolute Gasteiger partial charge is 0.0822 e. The summed E-state index contributed by atoms with van der Waals surface area (Å²) in [6.45, 7) is 4.04. The van der Waals surface area contributed by atoms with Crippen LogP contribution < -0.4 is 5.73 Å². The first kappa shape index (κ1) is 10.9. The van der Waals surface area contributed by atoms with Crippen molar-refractivity contribution in [2.45, 2.75) is 32.6 Å². The monoisotopic (exact) mass is 161 g/mol. The molecule has 2 N–H and O–H groups in total. The Kier molecular flexibility index (Phi) is 9.77. The molecule has 0 radical (unpaired) electrons. The molecule has 0 aliphatic heterocycles. The summed E-state index contributed by atoms with van der Waals surface area (Å²) in [5.74, 6) is 0. The van der Waals surface area contributed by atoms with E-state index in [0.717, 1.165) is 19.4 Å². The molecule has 0 aliphatic carbocycles. The fourth-order valence-electron chi connectivity index (χ4n) is 0.801. The molecule has 0 spiro atoms. The third-order valence-electron chi connectivity index (χ3n) is 1.38. The summed E-state index contributed by atoms with van der Waals surface area (Å²) >= 11 is 0. The zero-order chi connectivity index (χ0) is 8.36. The molecule has 0 aromatic rings. The first-order valence-electron chi connectivity index (χ1n) is 4.36. The van der Waals surface area contributed by atoms with E-state index in [0.29, 0.717) is 13.2 Å². The predicted molar refractivity (Wildman–Crippen MR) is 45.1 cm³/mol. The minimum atomic E-state index is 0.628. The first-order chi connectivity index (χ1) is 5.41. The molecule has 0 unspecified atom stereocenters. The van der Waals surface area contributed by atoms with Crippen LogP contribution in [-0.2, 0) is 9.78 Å². The SMILES string of the molecule is CCOOCCCCCCN. The molecule has 68 valence electrons. The summed E-state index contributed by atoms with van der Waals surface area (Å²) in [6, 6.07) is 0. The van der Waals surface area contributed by atoms with Gasteiger partial charge in [-0.15, -0.1) is 0 Å². The van der Waals surface area contributed by atoms with Crippen LogP contribution in [0.5, 0.6) is 0 Å². The molecule has 0 fully saturated rings. The largest absolute Gasteiger partial charge is 0.330 e. The quantitative estimate of drug-likeness (QED) is 0.333. The Hall–Kier alpha value is -0.120. The Bertz CT molecular complexity index is 61.1. The Balaban J connectivity index is 2.69. The van der Waals surface area contributed by atoms with E-state index in [1.807, 2.05) is 6.92 Å². The second-order valence-electron chi connectivity index (χ2n) is 2.43. The van der Waals surface area contributed by atoms with Crippen LogP contribution in [0.3, 0.4) is 0 Å². The van der Waals surface area contributed by atoms with E-state index in [1.54, 1.807) is 0 Å². The van der Waals surface area contributed by atoms with Crippen molar-refractivity contribution in [2.75, 3.05) is 19.8 Å². The van der Waals surface area contributed by atoms with Crippen LogP contribution in [0.15, 0.2) is 0 Å². The molecule has 0 saturated heterocycles. The number of hydrogen-bond acceptors (Lipinski definition) is 3. The summed E-state index contributed by atoms with van der Waals surface area (Å²) in [5.41, 5.74) is 5.34. The molecular formula is C8H19NO2. The van der Waals surface area contributed by atoms with Crippen LogP contribution >= 0.6 is 0 Å². The molecule has 0 saturated carbocycles. The number of rotatable bonds is 8. The van der Waals surface area contributed by atoms with Gasteiger partial charge in [0, 0.05) is 0 Å². The van der Waals surface area contributed by atoms with Crippen LogP contribution in [0.1, 0.15) is 32.6 Å². The van der Waals surface area contributed by atoms with Crippen molar-refractivity contribution in [3.63, 3.8) is 0 Å². The lowest BCUT2D eigenvalue weighted by Gasteiger charge is -2.00. The predicted octanol–water partition coefficient (Wildman–Crippen LogP) is 1.47. The highest BCUT2D eigenvalue weighted by Crippen LogP contribution is 1.98. The van der Waals surface area contributed by atoms with E-state index in [4.69, 9.17) is 15.5 Å². The molecule has 3 nitrogen and oxygen atoms in total. The fourth-order valence-corrected chi connectivity index (χ4v) is 0.801. The van der Waals surface area contributed by atoms with E-state index < -0.39 is 0 Å². The van der Waals surface area contributed by atoms with Gasteiger partial charge in [-0.25, -0.2) is 9.78 Å². The lowest BCUT2D eigenvalue weighted by atomic mass is 10.2. The van der Waals surface area contributed by atoms with Crippen LogP contribution in [-0.4, -0.2) is 19.8 Å². The van der Waals surface area contributed by atoms with Gasteiger partial charge >= 0.3 is 0 Å². The summed E-state index contributed by atoms with van der Waals surface area (Å²) in [7, 11) is 0. The van der Waals surface area contributed by atoms with E-state index in [9.17, 15) is 0 Å². The summed E-state index contributed by atoms with van der Waals surface area (Å²) in [6.07, 6.45) is 4.57. The second-order valence-corrected chi connectivity index (χ2v) is 2.43. The maximum atomic E-state index is 5.34. The van der Waals surface area contributed by atoms with Gasteiger partial charge in [0.25, 0.3) is 0 Å². The van der Waals surface area contributed by atoms with Gasteiger partial charge in [0.2, 0.25) is 0 Å². The summed E-state index contributed by atoms with van der Waals surface area (Å²) in [5, 5.41) is 0. The number of unbranched alkanes of at least 4 members (excludes halogenated alkanes) is 3. The highest BCUT2D eigenvalue weighted by atomic mass is 17.2. The third kappa shape index (κ3) is 9.88. The average Bonchev–Trinajstić information content (AvgIpc) is 2.03. The summed E-state index contributed by atoms with van der Waals surface area (Å²) < 4.78 is 0. The first-order valence-corrected chi connectivity index (χ1v) is 4.36. The number of hydrogen-bond donors (Lipinski definition) is 1. The van der Waals surface area contributed by atoms with Crippen molar-refractivity contribution >= 4 is 0 Å². The highest BCUT2D eigenvalue weighted by molar-refractivity contribution is 4.41. The molecule has 11 heavy (non-hydrogen) atoms. The molecule has 0 rings (SSSR count). The Morgan fingerprint density at radius 3 is 2.36 bits per heavy atom. The number of nitrogens with two attached hydrogens (primary N) is 1. The van der Waals surface area contributed by atoms with E-state index in [-0.39, 0.29) is 0 Å². The van der Waals surface area contributed by atoms with Crippen molar-refractivity contribution in [1.82, 2.24) is 0 Å². The zero-order valence-electron chi connectivity index (χ0n) is 7.34. The van der Waals surface area contributed by atoms with Crippen LogP contribution in [0, 0.1) is 0 Å². The molecule has 0 aromatic carbocycles. The van der Waals surface area contributed by atoms with E-state index >= 15 is 0 Å². The molecule has 0 aliphatic rings. The Labute approximate surface area is 68.8 Å². The van der Waals surface area contributed by atoms with Crippen LogP contribution in [0.25, 0.3) is 0 Å². The molecule has 0 bridgehead atoms. The highest BCUT2D eigenvalue weighted by Gasteiger charge is 1.89. The van der Waals surface area contributed by atoms with Crippen molar-refractivity contribution in [1.29, 1.82) is 0 Å². The van der Waals surface area contributed by atoms with Crippen LogP contribution in [0.4, 0.5) is 0 Å². The van der Waals surface area contributed by atoms with E-state index in [2.05, 4.69) is 0 Å². The van der Waals surface area contributed by atoms with Gasteiger partial charge < -0.3 is 5.73 Å². The maximum absolute atomic E-state index is 5.34. The molecule has 0 amide bonds.